The summed E-state index contributed by atoms with van der Waals surface area (Å²) in [7, 11) is 1.79. The van der Waals surface area contributed by atoms with Gasteiger partial charge in [0.25, 0.3) is 5.91 Å². The van der Waals surface area contributed by atoms with Gasteiger partial charge in [-0.1, -0.05) is 18.2 Å². The number of rotatable bonds is 2. The fraction of sp³-hybridized carbons (Fsp3) is 0.0667. The number of halogens is 1. The van der Waals surface area contributed by atoms with Crippen LogP contribution in [0.25, 0.3) is 10.9 Å². The zero-order chi connectivity index (χ0) is 15.7. The van der Waals surface area contributed by atoms with E-state index in [1.807, 2.05) is 24.3 Å². The smallest absolute Gasteiger partial charge is 0.305 e. The lowest BCUT2D eigenvalue weighted by Gasteiger charge is -2.07. The second kappa shape index (κ2) is 5.69. The van der Waals surface area contributed by atoms with Gasteiger partial charge in [-0.15, -0.1) is 0 Å². The predicted molar refractivity (Wildman–Crippen MR) is 84.3 cm³/mol. The number of para-hydroxylation sites is 1. The highest BCUT2D eigenvalue weighted by atomic mass is 79.9. The molecule has 0 unspecified atom stereocenters. The minimum absolute atomic E-state index is 0.122. The van der Waals surface area contributed by atoms with Crippen LogP contribution in [0.4, 0.5) is 0 Å². The number of nitrogens with zero attached hydrogens (tertiary/aromatic N) is 1. The highest BCUT2D eigenvalue weighted by Crippen LogP contribution is 2.29. The number of furan rings is 1. The van der Waals surface area contributed by atoms with Gasteiger partial charge in [0, 0.05) is 18.0 Å². The number of hydrogen-bond acceptors (Lipinski definition) is 3. The van der Waals surface area contributed by atoms with E-state index >= 15 is 0 Å². The molecular weight excluding hydrogens is 350 g/mol. The molecule has 7 heteroatoms. The molecule has 0 radical (unpaired) electrons. The van der Waals surface area contributed by atoms with E-state index in [0.717, 1.165) is 10.9 Å². The first-order valence-electron chi connectivity index (χ1n) is 6.46. The Bertz CT molecular complexity index is 813. The van der Waals surface area contributed by atoms with Gasteiger partial charge in [-0.25, -0.2) is 0 Å². The topological polar surface area (TPSA) is 76.3 Å². The predicted octanol–water partition coefficient (Wildman–Crippen LogP) is 2.61. The van der Waals surface area contributed by atoms with Crippen LogP contribution in [0, 0.1) is 0 Å². The molecule has 1 aromatic carbocycles. The molecule has 0 aliphatic heterocycles. The number of amides is 2. The minimum atomic E-state index is -0.520. The maximum absolute atomic E-state index is 12.3. The largest absolute Gasteiger partial charge is 0.459 e. The van der Waals surface area contributed by atoms with Crippen molar-refractivity contribution in [2.45, 2.75) is 0 Å². The number of benzene rings is 1. The molecule has 6 nitrogen and oxygen atoms in total. The first kappa shape index (κ1) is 14.4. The third kappa shape index (κ3) is 2.39. The van der Waals surface area contributed by atoms with Gasteiger partial charge in [0.15, 0.2) is 5.76 Å². The second-order valence-electron chi connectivity index (χ2n) is 4.62. The zero-order valence-electron chi connectivity index (χ0n) is 11.6. The molecule has 22 heavy (non-hydrogen) atoms. The van der Waals surface area contributed by atoms with E-state index in [1.54, 1.807) is 17.7 Å². The molecular formula is C15H12BrN3O3. The Morgan fingerprint density at radius 1 is 1.09 bits per heavy atom. The molecule has 2 amide bonds. The van der Waals surface area contributed by atoms with E-state index in [0.29, 0.717) is 10.2 Å². The van der Waals surface area contributed by atoms with Crippen molar-refractivity contribution in [1.82, 2.24) is 15.4 Å². The Morgan fingerprint density at radius 2 is 1.82 bits per heavy atom. The van der Waals surface area contributed by atoms with Crippen molar-refractivity contribution in [3.8, 4) is 0 Å². The summed E-state index contributed by atoms with van der Waals surface area (Å²) in [5.41, 5.74) is 6.03. The Kier molecular flexibility index (Phi) is 3.72. The number of hydrazine groups is 1. The van der Waals surface area contributed by atoms with Crippen molar-refractivity contribution < 1.29 is 14.0 Å². The molecule has 0 aliphatic carbocycles. The van der Waals surface area contributed by atoms with Gasteiger partial charge in [-0.3, -0.25) is 20.4 Å². The first-order valence-corrected chi connectivity index (χ1v) is 7.26. The fourth-order valence-corrected chi connectivity index (χ4v) is 3.02. The number of aryl methyl sites for hydroxylation is 1. The van der Waals surface area contributed by atoms with E-state index in [1.165, 1.54) is 12.3 Å². The van der Waals surface area contributed by atoms with Crippen molar-refractivity contribution in [2.75, 3.05) is 0 Å². The Morgan fingerprint density at radius 3 is 2.50 bits per heavy atom. The van der Waals surface area contributed by atoms with Crippen LogP contribution in [0.3, 0.4) is 0 Å². The van der Waals surface area contributed by atoms with Gasteiger partial charge in [0.1, 0.15) is 5.69 Å². The molecule has 0 fully saturated rings. The van der Waals surface area contributed by atoms with Gasteiger partial charge in [0.2, 0.25) is 0 Å². The van der Waals surface area contributed by atoms with Crippen LogP contribution in [0.1, 0.15) is 21.0 Å². The van der Waals surface area contributed by atoms with Crippen molar-refractivity contribution in [3.63, 3.8) is 0 Å². The number of hydrogen-bond donors (Lipinski definition) is 2. The van der Waals surface area contributed by atoms with Crippen LogP contribution in [-0.4, -0.2) is 16.4 Å². The molecule has 2 aromatic heterocycles. The summed E-state index contributed by atoms with van der Waals surface area (Å²) in [6.07, 6.45) is 1.39. The number of carbonyl (C=O) groups is 2. The van der Waals surface area contributed by atoms with Gasteiger partial charge < -0.3 is 8.98 Å². The maximum atomic E-state index is 12.3. The third-order valence-corrected chi connectivity index (χ3v) is 4.10. The summed E-state index contributed by atoms with van der Waals surface area (Å²) in [4.78, 5) is 24.1. The summed E-state index contributed by atoms with van der Waals surface area (Å²) in [6, 6.07) is 10.7. The summed E-state index contributed by atoms with van der Waals surface area (Å²) in [5.74, 6) is -0.824. The van der Waals surface area contributed by atoms with Crippen LogP contribution in [0.5, 0.6) is 0 Å². The van der Waals surface area contributed by atoms with Crippen molar-refractivity contribution in [2.24, 2.45) is 7.05 Å². The maximum Gasteiger partial charge on any atom is 0.305 e. The molecule has 3 aromatic rings. The highest BCUT2D eigenvalue weighted by Gasteiger charge is 2.20. The number of aromatic nitrogens is 1. The van der Waals surface area contributed by atoms with E-state index in [9.17, 15) is 9.59 Å². The quantitative estimate of drug-likeness (QED) is 0.688. The Hall–Kier alpha value is -2.54. The van der Waals surface area contributed by atoms with Crippen LogP contribution in [-0.2, 0) is 7.05 Å². The monoisotopic (exact) mass is 361 g/mol. The highest BCUT2D eigenvalue weighted by molar-refractivity contribution is 9.10. The van der Waals surface area contributed by atoms with E-state index in [-0.39, 0.29) is 5.76 Å². The molecule has 0 bridgehead atoms. The molecule has 2 N–H and O–H groups in total. The van der Waals surface area contributed by atoms with Crippen LogP contribution in [0.15, 0.2) is 51.6 Å². The molecule has 0 saturated carbocycles. The second-order valence-corrected chi connectivity index (χ2v) is 5.42. The zero-order valence-corrected chi connectivity index (χ0v) is 13.2. The van der Waals surface area contributed by atoms with Crippen molar-refractivity contribution in [1.29, 1.82) is 0 Å². The third-order valence-electron chi connectivity index (χ3n) is 3.29. The lowest BCUT2D eigenvalue weighted by molar-refractivity contribution is 0.0826. The Balaban J connectivity index is 1.82. The van der Waals surface area contributed by atoms with Gasteiger partial charge >= 0.3 is 5.91 Å². The van der Waals surface area contributed by atoms with E-state index in [2.05, 4.69) is 26.8 Å². The minimum Gasteiger partial charge on any atom is -0.459 e. The fourth-order valence-electron chi connectivity index (χ4n) is 2.24. The number of carbonyl (C=O) groups excluding carboxylic acids is 2. The molecule has 0 spiro atoms. The van der Waals surface area contributed by atoms with Gasteiger partial charge in [0.05, 0.1) is 10.7 Å². The molecule has 0 aliphatic rings. The van der Waals surface area contributed by atoms with Crippen LogP contribution >= 0.6 is 15.9 Å². The normalized spacial score (nSPS) is 10.6. The number of fused-ring (bicyclic) bond motifs is 1. The summed E-state index contributed by atoms with van der Waals surface area (Å²) in [6.45, 7) is 0. The molecule has 0 saturated heterocycles. The SMILES string of the molecule is Cn1c(C(=O)NNC(=O)c2ccco2)c(Br)c2ccccc21. The van der Waals surface area contributed by atoms with Crippen LogP contribution in [0.2, 0.25) is 0 Å². The van der Waals surface area contributed by atoms with Crippen molar-refractivity contribution >= 4 is 38.6 Å². The lowest BCUT2D eigenvalue weighted by atomic mass is 10.2. The first-order chi connectivity index (χ1) is 10.6. The van der Waals surface area contributed by atoms with Gasteiger partial charge in [-0.05, 0) is 34.1 Å². The van der Waals surface area contributed by atoms with Crippen molar-refractivity contribution in [3.05, 3.63) is 58.6 Å². The van der Waals surface area contributed by atoms with E-state index < -0.39 is 11.8 Å². The summed E-state index contributed by atoms with van der Waals surface area (Å²) >= 11 is 3.44. The summed E-state index contributed by atoms with van der Waals surface area (Å²) < 4.78 is 7.38. The average Bonchev–Trinajstić information content (AvgIpc) is 3.14. The van der Waals surface area contributed by atoms with E-state index in [4.69, 9.17) is 4.42 Å². The molecule has 3 rings (SSSR count). The number of nitrogens with one attached hydrogen (secondary N) is 2. The molecule has 2 heterocycles. The average molecular weight is 362 g/mol. The lowest BCUT2D eigenvalue weighted by Crippen LogP contribution is -2.42. The standard InChI is InChI=1S/C15H12BrN3O3/c1-19-10-6-3-2-5-9(10)12(16)13(19)15(21)18-17-14(20)11-7-4-8-22-11/h2-8H,1H3,(H,17,20)(H,18,21). The van der Waals surface area contributed by atoms with Crippen LogP contribution < -0.4 is 10.9 Å². The Labute approximate surface area is 134 Å². The summed E-state index contributed by atoms with van der Waals surface area (Å²) in [5, 5.41) is 0.924. The molecule has 0 atom stereocenters. The molecule has 112 valence electrons. The van der Waals surface area contributed by atoms with Gasteiger partial charge in [-0.2, -0.15) is 0 Å².